The van der Waals surface area contributed by atoms with Gasteiger partial charge in [0.05, 0.1) is 6.61 Å². The summed E-state index contributed by atoms with van der Waals surface area (Å²) >= 11 is 0. The van der Waals surface area contributed by atoms with E-state index in [9.17, 15) is 21.6 Å². The molecule has 0 aliphatic rings. The van der Waals surface area contributed by atoms with E-state index in [1.54, 1.807) is 0 Å². The number of esters is 1. The molecule has 2 N–H and O–H groups in total. The van der Waals surface area contributed by atoms with E-state index in [0.29, 0.717) is 6.61 Å². The Morgan fingerprint density at radius 2 is 1.16 bits per heavy atom. The lowest BCUT2D eigenvalue weighted by Gasteiger charge is -2.17. The molecule has 0 aliphatic heterocycles. The van der Waals surface area contributed by atoms with E-state index in [0.717, 1.165) is 18.6 Å². The second-order valence-corrected chi connectivity index (χ2v) is 12.3. The molecule has 9 nitrogen and oxygen atoms in total. The van der Waals surface area contributed by atoms with E-state index in [2.05, 4.69) is 6.92 Å². The van der Waals surface area contributed by atoms with Crippen LogP contribution in [0, 0.1) is 0 Å². The molecule has 0 spiro atoms. The Morgan fingerprint density at radius 1 is 0.763 bits per heavy atom. The summed E-state index contributed by atoms with van der Waals surface area (Å²) in [7, 11) is -5.15. The van der Waals surface area contributed by atoms with Gasteiger partial charge in [-0.1, -0.05) is 89.0 Å². The third kappa shape index (κ3) is 12.2. The minimum absolute atomic E-state index is 0.0233. The zero-order valence-corrected chi connectivity index (χ0v) is 24.6. The summed E-state index contributed by atoms with van der Waals surface area (Å²) in [5, 5.41) is 0.0465. The highest BCUT2D eigenvalue weighted by atomic mass is 32.2. The molecule has 11 heteroatoms. The molecule has 216 valence electrons. The van der Waals surface area contributed by atoms with Crippen molar-refractivity contribution in [3.8, 4) is 0 Å². The van der Waals surface area contributed by atoms with E-state index in [-0.39, 0.29) is 22.8 Å². The Labute approximate surface area is 228 Å². The fraction of sp³-hybridized carbons (Fsp3) is 0.593. The Hall–Kier alpha value is -2.05. The van der Waals surface area contributed by atoms with Crippen LogP contribution >= 0.6 is 0 Å². The highest BCUT2D eigenvalue weighted by Gasteiger charge is 2.19. The third-order valence-corrected chi connectivity index (χ3v) is 8.08. The fourth-order valence-corrected chi connectivity index (χ4v) is 5.21. The van der Waals surface area contributed by atoms with E-state index >= 15 is 0 Å². The van der Waals surface area contributed by atoms with Crippen molar-refractivity contribution in [3.05, 3.63) is 36.4 Å². The van der Waals surface area contributed by atoms with E-state index in [1.807, 2.05) is 25.9 Å². The number of carbonyl (C=O) groups is 1. The molecule has 1 unspecified atom stereocenters. The average molecular weight is 574 g/mol. The van der Waals surface area contributed by atoms with Gasteiger partial charge in [0.15, 0.2) is 0 Å². The number of fused-ring (bicyclic) bond motifs is 1. The number of unbranched alkanes of at least 4 members (excludes halogenated alkanes) is 9. The largest absolute Gasteiger partial charge is 0.465 e. The maximum absolute atomic E-state index is 11.6. The van der Waals surface area contributed by atoms with Gasteiger partial charge in [-0.25, -0.2) is 0 Å². The van der Waals surface area contributed by atoms with E-state index in [4.69, 9.17) is 13.8 Å². The lowest BCUT2D eigenvalue weighted by atomic mass is 10.1. The number of nitrogens with zero attached hydrogens (tertiary/aromatic N) is 1. The number of hydrogen-bond donors (Lipinski definition) is 2. The first-order valence-electron chi connectivity index (χ1n) is 13.1. The smallest absolute Gasteiger partial charge is 0.323 e. The minimum atomic E-state index is -4.47. The minimum Gasteiger partial charge on any atom is -0.465 e. The molecule has 2 rings (SSSR count). The summed E-state index contributed by atoms with van der Waals surface area (Å²) in [5.41, 5.74) is 0. The standard InChI is InChI=1S/C17H35NO2.C10H8O6S2/c1-5-6-7-8-9-10-11-12-13-14-15-20-17(19)16(2)18(3)4;11-17(12,13)9-5-1-3-7-8(9)4-2-6-10(7)18(14,15)16/h16H,5-15H2,1-4H3;1-6H,(H,11,12,13)(H,14,15,16). The number of rotatable bonds is 15. The first-order valence-corrected chi connectivity index (χ1v) is 16.0. The summed E-state index contributed by atoms with van der Waals surface area (Å²) in [6.07, 6.45) is 13.0. The maximum atomic E-state index is 11.6. The molecule has 0 fully saturated rings. The van der Waals surface area contributed by atoms with Gasteiger partial charge in [0.25, 0.3) is 20.2 Å². The van der Waals surface area contributed by atoms with Crippen molar-refractivity contribution in [1.29, 1.82) is 0 Å². The van der Waals surface area contributed by atoms with Gasteiger partial charge in [0, 0.05) is 10.8 Å². The number of carbonyl (C=O) groups excluding carboxylic acids is 1. The van der Waals surface area contributed by atoms with Gasteiger partial charge in [-0.2, -0.15) is 16.8 Å². The predicted octanol–water partition coefficient (Wildman–Crippen LogP) is 5.73. The van der Waals surface area contributed by atoms with Crippen molar-refractivity contribution >= 4 is 37.0 Å². The number of ether oxygens (including phenoxy) is 1. The molecule has 0 aromatic heterocycles. The van der Waals surface area contributed by atoms with Crippen LogP contribution in [0.15, 0.2) is 46.2 Å². The molecular weight excluding hydrogens is 530 g/mol. The molecule has 2 aromatic carbocycles. The van der Waals surface area contributed by atoms with Crippen LogP contribution in [0.2, 0.25) is 0 Å². The van der Waals surface area contributed by atoms with E-state index < -0.39 is 30.0 Å². The quantitative estimate of drug-likeness (QED) is 0.155. The molecule has 2 aromatic rings. The number of benzene rings is 2. The van der Waals surface area contributed by atoms with Crippen LogP contribution in [-0.2, 0) is 29.8 Å². The van der Waals surface area contributed by atoms with Crippen molar-refractivity contribution in [2.75, 3.05) is 20.7 Å². The molecule has 38 heavy (non-hydrogen) atoms. The third-order valence-electron chi connectivity index (χ3n) is 6.26. The number of likely N-dealkylation sites (N-methyl/N-ethyl adjacent to an activating group) is 1. The van der Waals surface area contributed by atoms with Crippen molar-refractivity contribution < 1.29 is 35.5 Å². The van der Waals surface area contributed by atoms with Crippen LogP contribution in [0.5, 0.6) is 0 Å². The van der Waals surface area contributed by atoms with Crippen molar-refractivity contribution in [2.24, 2.45) is 0 Å². The van der Waals surface area contributed by atoms with Crippen LogP contribution in [0.3, 0.4) is 0 Å². The zero-order chi connectivity index (χ0) is 28.8. The van der Waals surface area contributed by atoms with Gasteiger partial charge >= 0.3 is 5.97 Å². The predicted molar refractivity (Wildman–Crippen MR) is 150 cm³/mol. The highest BCUT2D eigenvalue weighted by molar-refractivity contribution is 7.86. The molecular formula is C27H43NO8S2. The summed E-state index contributed by atoms with van der Waals surface area (Å²) in [4.78, 5) is 12.6. The summed E-state index contributed by atoms with van der Waals surface area (Å²) in [5.74, 6) is -0.106. The lowest BCUT2D eigenvalue weighted by molar-refractivity contribution is -0.148. The van der Waals surface area contributed by atoms with E-state index in [1.165, 1.54) is 82.1 Å². The lowest BCUT2D eigenvalue weighted by Crippen LogP contribution is -2.34. The number of hydrogen-bond acceptors (Lipinski definition) is 7. The Bertz CT molecular complexity index is 1140. The molecule has 0 aliphatic carbocycles. The first kappa shape index (κ1) is 34.0. The molecule has 0 saturated carbocycles. The molecule has 0 amide bonds. The van der Waals surface area contributed by atoms with Crippen molar-refractivity contribution in [3.63, 3.8) is 0 Å². The van der Waals surface area contributed by atoms with Crippen LogP contribution in [0.1, 0.15) is 78.1 Å². The molecule has 1 atom stereocenters. The van der Waals surface area contributed by atoms with Crippen LogP contribution in [0.25, 0.3) is 10.8 Å². The van der Waals surface area contributed by atoms with Crippen LogP contribution in [-0.4, -0.2) is 63.6 Å². The van der Waals surface area contributed by atoms with Crippen LogP contribution in [0.4, 0.5) is 0 Å². The first-order chi connectivity index (χ1) is 17.8. The van der Waals surface area contributed by atoms with Gasteiger partial charge < -0.3 is 4.74 Å². The average Bonchev–Trinajstić information content (AvgIpc) is 2.85. The fourth-order valence-electron chi connectivity index (χ4n) is 3.80. The van der Waals surface area contributed by atoms with Crippen LogP contribution < -0.4 is 0 Å². The Balaban J connectivity index is 0.000000381. The summed E-state index contributed by atoms with van der Waals surface area (Å²) < 4.78 is 67.9. The van der Waals surface area contributed by atoms with Gasteiger partial charge in [-0.15, -0.1) is 0 Å². The summed E-state index contributed by atoms with van der Waals surface area (Å²) in [6, 6.07) is 7.38. The van der Waals surface area contributed by atoms with Gasteiger partial charge in [-0.3, -0.25) is 18.8 Å². The zero-order valence-electron chi connectivity index (χ0n) is 22.9. The van der Waals surface area contributed by atoms with Crippen molar-refractivity contribution in [2.45, 2.75) is 93.9 Å². The molecule has 0 radical (unpaired) electrons. The molecule has 0 saturated heterocycles. The Kier molecular flexibility index (Phi) is 15.0. The maximum Gasteiger partial charge on any atom is 0.323 e. The molecule has 0 bridgehead atoms. The second-order valence-electron chi connectivity index (χ2n) is 9.55. The van der Waals surface area contributed by atoms with Crippen molar-refractivity contribution in [1.82, 2.24) is 4.90 Å². The topological polar surface area (TPSA) is 138 Å². The Morgan fingerprint density at radius 3 is 1.53 bits per heavy atom. The SMILES string of the molecule is CCCCCCCCCCCCOC(=O)C(C)N(C)C.O=S(=O)(O)c1cccc2c(S(=O)(=O)O)cccc12. The normalized spacial score (nSPS) is 12.7. The molecule has 0 heterocycles. The van der Waals surface area contributed by atoms with Gasteiger partial charge in [0.1, 0.15) is 15.8 Å². The van der Waals surface area contributed by atoms with Gasteiger partial charge in [-0.05, 0) is 39.6 Å². The highest BCUT2D eigenvalue weighted by Crippen LogP contribution is 2.28. The summed E-state index contributed by atoms with van der Waals surface area (Å²) in [6.45, 7) is 4.71. The second kappa shape index (κ2) is 16.8. The monoisotopic (exact) mass is 573 g/mol. The van der Waals surface area contributed by atoms with Gasteiger partial charge in [0.2, 0.25) is 0 Å².